The SMILES string of the molecule is O=S(=O)(O)N[C@@H]1[C@@H](O)[C@H](O)[C@@H](COS(=O)(=O)O)O[C@@H]1O. The minimum atomic E-state index is -4.83. The molecule has 0 unspecified atom stereocenters. The quantitative estimate of drug-likeness (QED) is 0.267. The van der Waals surface area contributed by atoms with Crippen molar-refractivity contribution in [2.75, 3.05) is 6.61 Å². The van der Waals surface area contributed by atoms with Crippen LogP contribution in [0.4, 0.5) is 0 Å². The van der Waals surface area contributed by atoms with Crippen LogP contribution in [0, 0.1) is 0 Å². The van der Waals surface area contributed by atoms with Gasteiger partial charge < -0.3 is 20.1 Å². The molecule has 0 saturated carbocycles. The van der Waals surface area contributed by atoms with E-state index in [-0.39, 0.29) is 0 Å². The zero-order valence-corrected chi connectivity index (χ0v) is 11.2. The lowest BCUT2D eigenvalue weighted by Gasteiger charge is -2.39. The van der Waals surface area contributed by atoms with Gasteiger partial charge in [0.15, 0.2) is 6.29 Å². The maximum Gasteiger partial charge on any atom is 0.397 e. The first-order valence-corrected chi connectivity index (χ1v) is 7.77. The summed E-state index contributed by atoms with van der Waals surface area (Å²) >= 11 is 0. The van der Waals surface area contributed by atoms with Gasteiger partial charge in [-0.05, 0) is 0 Å². The molecular weight excluding hydrogens is 326 g/mol. The summed E-state index contributed by atoms with van der Waals surface area (Å²) in [5.41, 5.74) is 0. The molecule has 1 heterocycles. The van der Waals surface area contributed by atoms with Crippen molar-refractivity contribution in [3.8, 4) is 0 Å². The molecular formula is C6H13NO11S2. The molecule has 0 bridgehead atoms. The first-order chi connectivity index (χ1) is 8.91. The number of rotatable bonds is 5. The summed E-state index contributed by atoms with van der Waals surface area (Å²) in [5.74, 6) is 0. The number of aliphatic hydroxyl groups is 3. The monoisotopic (exact) mass is 339 g/mol. The third-order valence-corrected chi connectivity index (χ3v) is 3.39. The fourth-order valence-corrected chi connectivity index (χ4v) is 2.44. The fourth-order valence-electron chi connectivity index (χ4n) is 1.54. The molecule has 0 aromatic rings. The maximum atomic E-state index is 10.6. The van der Waals surface area contributed by atoms with Crippen LogP contribution in [-0.2, 0) is 29.6 Å². The van der Waals surface area contributed by atoms with Crippen molar-refractivity contribution in [3.05, 3.63) is 0 Å². The molecule has 1 saturated heterocycles. The van der Waals surface area contributed by atoms with Crippen LogP contribution in [-0.4, -0.2) is 78.5 Å². The maximum absolute atomic E-state index is 10.6. The first kappa shape index (κ1) is 17.6. The van der Waals surface area contributed by atoms with Crippen LogP contribution in [0.15, 0.2) is 0 Å². The van der Waals surface area contributed by atoms with Gasteiger partial charge in [-0.1, -0.05) is 0 Å². The average Bonchev–Trinajstić information content (AvgIpc) is 2.25. The Morgan fingerprint density at radius 3 is 2.05 bits per heavy atom. The van der Waals surface area contributed by atoms with Crippen molar-refractivity contribution in [1.29, 1.82) is 0 Å². The van der Waals surface area contributed by atoms with E-state index in [0.29, 0.717) is 0 Å². The Labute approximate surface area is 113 Å². The Bertz CT molecular complexity index is 527. The van der Waals surface area contributed by atoms with E-state index in [1.54, 1.807) is 0 Å². The van der Waals surface area contributed by atoms with E-state index in [9.17, 15) is 32.2 Å². The normalized spacial score (nSPS) is 36.0. The highest BCUT2D eigenvalue weighted by Gasteiger charge is 2.45. The van der Waals surface area contributed by atoms with Gasteiger partial charge in [0, 0.05) is 0 Å². The Morgan fingerprint density at radius 2 is 1.60 bits per heavy atom. The zero-order chi connectivity index (χ0) is 15.7. The number of nitrogens with one attached hydrogen (secondary N) is 1. The molecule has 1 aliphatic rings. The summed E-state index contributed by atoms with van der Waals surface area (Å²) < 4.78 is 68.7. The number of ether oxygens (including phenoxy) is 1. The Balaban J connectivity index is 2.76. The summed E-state index contributed by atoms with van der Waals surface area (Å²) in [6, 6.07) is -1.79. The standard InChI is InChI=1S/C6H13NO11S2/c8-4-2(1-17-20(14,15)16)18-6(10)3(5(4)9)7-19(11,12)13/h2-10H,1H2,(H,11,12,13)(H,14,15,16)/t2-,3-,4-,5-,6+/m1/s1. The van der Waals surface area contributed by atoms with Crippen LogP contribution >= 0.6 is 0 Å². The molecule has 0 aromatic heterocycles. The molecule has 1 aliphatic heterocycles. The molecule has 0 radical (unpaired) electrons. The van der Waals surface area contributed by atoms with Gasteiger partial charge in [0.05, 0.1) is 6.61 Å². The van der Waals surface area contributed by atoms with Crippen molar-refractivity contribution < 1.29 is 50.2 Å². The van der Waals surface area contributed by atoms with E-state index < -0.39 is 58.0 Å². The van der Waals surface area contributed by atoms with Crippen molar-refractivity contribution >= 4 is 20.7 Å². The van der Waals surface area contributed by atoms with Crippen molar-refractivity contribution in [2.45, 2.75) is 30.6 Å². The topological polar surface area (TPSA) is 200 Å². The fraction of sp³-hybridized carbons (Fsp3) is 1.00. The minimum Gasteiger partial charge on any atom is -0.388 e. The lowest BCUT2D eigenvalue weighted by atomic mass is 9.98. The second-order valence-electron chi connectivity index (χ2n) is 3.88. The van der Waals surface area contributed by atoms with Gasteiger partial charge in [-0.25, -0.2) is 4.18 Å². The molecule has 5 atom stereocenters. The lowest BCUT2D eigenvalue weighted by Crippen LogP contribution is -2.64. The van der Waals surface area contributed by atoms with E-state index >= 15 is 0 Å². The zero-order valence-electron chi connectivity index (χ0n) is 9.60. The largest absolute Gasteiger partial charge is 0.397 e. The second kappa shape index (κ2) is 6.14. The highest BCUT2D eigenvalue weighted by molar-refractivity contribution is 7.83. The number of aliphatic hydroxyl groups excluding tert-OH is 3. The first-order valence-electron chi connectivity index (χ1n) is 4.97. The summed E-state index contributed by atoms with van der Waals surface area (Å²) in [6.07, 6.45) is -7.37. The predicted molar refractivity (Wildman–Crippen MR) is 58.9 cm³/mol. The summed E-state index contributed by atoms with van der Waals surface area (Å²) in [7, 11) is -9.62. The smallest absolute Gasteiger partial charge is 0.388 e. The second-order valence-corrected chi connectivity index (χ2v) is 6.15. The van der Waals surface area contributed by atoms with Gasteiger partial charge >= 0.3 is 20.7 Å². The minimum absolute atomic E-state index is 0.938. The highest BCUT2D eigenvalue weighted by Crippen LogP contribution is 2.21. The van der Waals surface area contributed by atoms with Gasteiger partial charge in [0.2, 0.25) is 0 Å². The van der Waals surface area contributed by atoms with Crippen LogP contribution < -0.4 is 4.72 Å². The van der Waals surface area contributed by atoms with Crippen molar-refractivity contribution in [2.24, 2.45) is 0 Å². The Kier molecular flexibility index (Phi) is 5.41. The van der Waals surface area contributed by atoms with E-state index in [1.807, 2.05) is 0 Å². The average molecular weight is 339 g/mol. The third-order valence-electron chi connectivity index (χ3n) is 2.39. The summed E-state index contributed by atoms with van der Waals surface area (Å²) in [6.45, 7) is -0.938. The van der Waals surface area contributed by atoms with E-state index in [4.69, 9.17) is 9.11 Å². The van der Waals surface area contributed by atoms with Crippen LogP contribution in [0.25, 0.3) is 0 Å². The molecule has 0 spiro atoms. The van der Waals surface area contributed by atoms with Crippen LogP contribution in [0.5, 0.6) is 0 Å². The van der Waals surface area contributed by atoms with Gasteiger partial charge in [-0.15, -0.1) is 0 Å². The molecule has 0 aliphatic carbocycles. The molecule has 120 valence electrons. The highest BCUT2D eigenvalue weighted by atomic mass is 32.3. The van der Waals surface area contributed by atoms with Gasteiger partial charge in [-0.2, -0.15) is 21.6 Å². The predicted octanol–water partition coefficient (Wildman–Crippen LogP) is -3.99. The molecule has 1 rings (SSSR count). The van der Waals surface area contributed by atoms with Crippen LogP contribution in [0.3, 0.4) is 0 Å². The molecule has 6 N–H and O–H groups in total. The lowest BCUT2D eigenvalue weighted by molar-refractivity contribution is -0.250. The van der Waals surface area contributed by atoms with Gasteiger partial charge in [-0.3, -0.25) is 9.11 Å². The Hall–Kier alpha value is -0.420. The third kappa shape index (κ3) is 5.17. The molecule has 0 aromatic carbocycles. The number of hydrogen-bond donors (Lipinski definition) is 6. The molecule has 0 amide bonds. The van der Waals surface area contributed by atoms with E-state index in [2.05, 4.69) is 8.92 Å². The van der Waals surface area contributed by atoms with Crippen molar-refractivity contribution in [1.82, 2.24) is 4.72 Å². The molecule has 1 fully saturated rings. The van der Waals surface area contributed by atoms with Gasteiger partial charge in [0.1, 0.15) is 24.4 Å². The number of hydrogen-bond acceptors (Lipinski definition) is 9. The summed E-state index contributed by atoms with van der Waals surface area (Å²) in [5, 5.41) is 28.6. The van der Waals surface area contributed by atoms with Gasteiger partial charge in [0.25, 0.3) is 0 Å². The summed E-state index contributed by atoms with van der Waals surface area (Å²) in [4.78, 5) is 0. The van der Waals surface area contributed by atoms with Crippen LogP contribution in [0.2, 0.25) is 0 Å². The Morgan fingerprint density at radius 1 is 1.05 bits per heavy atom. The molecule has 20 heavy (non-hydrogen) atoms. The van der Waals surface area contributed by atoms with Crippen molar-refractivity contribution in [3.63, 3.8) is 0 Å². The molecule has 14 heteroatoms. The van der Waals surface area contributed by atoms with E-state index in [1.165, 1.54) is 4.72 Å². The molecule has 12 nitrogen and oxygen atoms in total. The van der Waals surface area contributed by atoms with Crippen LogP contribution in [0.1, 0.15) is 0 Å². The van der Waals surface area contributed by atoms with E-state index in [0.717, 1.165) is 0 Å².